The summed E-state index contributed by atoms with van der Waals surface area (Å²) in [5.41, 5.74) is 4.10. The van der Waals surface area contributed by atoms with Gasteiger partial charge in [0.1, 0.15) is 5.69 Å². The number of nitrogens with two attached hydrogens (primary N) is 1. The summed E-state index contributed by atoms with van der Waals surface area (Å²) in [4.78, 5) is 14.5. The molecule has 0 aliphatic heterocycles. The lowest BCUT2D eigenvalue weighted by Crippen LogP contribution is -2.12. The molecule has 0 aliphatic rings. The predicted molar refractivity (Wildman–Crippen MR) is 53.9 cm³/mol. The zero-order chi connectivity index (χ0) is 13.0. The standard InChI is InChI=1S/C10H11F3N2O2/c1-2-17-8(16)4-7-6(14)3-5(11)9(15-7)10(12)13/h3,10H,2,4,14H2,1H3. The highest BCUT2D eigenvalue weighted by Gasteiger charge is 2.19. The number of ether oxygens (including phenoxy) is 1. The van der Waals surface area contributed by atoms with Crippen LogP contribution in [0.15, 0.2) is 6.07 Å². The molecule has 4 nitrogen and oxygen atoms in total. The minimum Gasteiger partial charge on any atom is -0.466 e. The normalized spacial score (nSPS) is 10.6. The summed E-state index contributed by atoms with van der Waals surface area (Å²) in [6.07, 6.45) is -3.42. The molecular weight excluding hydrogens is 237 g/mol. The molecule has 1 aromatic heterocycles. The van der Waals surface area contributed by atoms with Crippen LogP contribution in [0.25, 0.3) is 0 Å². The summed E-state index contributed by atoms with van der Waals surface area (Å²) >= 11 is 0. The molecule has 0 saturated carbocycles. The van der Waals surface area contributed by atoms with Crippen molar-refractivity contribution in [2.24, 2.45) is 0 Å². The second kappa shape index (κ2) is 5.51. The zero-order valence-electron chi connectivity index (χ0n) is 9.04. The van der Waals surface area contributed by atoms with Crippen LogP contribution in [0.3, 0.4) is 0 Å². The van der Waals surface area contributed by atoms with Gasteiger partial charge in [-0.05, 0) is 6.92 Å². The number of aromatic nitrogens is 1. The van der Waals surface area contributed by atoms with Crippen molar-refractivity contribution in [2.45, 2.75) is 19.8 Å². The summed E-state index contributed by atoms with van der Waals surface area (Å²) in [5, 5.41) is 0. The van der Waals surface area contributed by atoms with Crippen molar-refractivity contribution in [2.75, 3.05) is 12.3 Å². The number of esters is 1. The smallest absolute Gasteiger partial charge is 0.311 e. The van der Waals surface area contributed by atoms with E-state index in [-0.39, 0.29) is 24.4 Å². The van der Waals surface area contributed by atoms with Gasteiger partial charge >= 0.3 is 5.97 Å². The van der Waals surface area contributed by atoms with Gasteiger partial charge in [0.25, 0.3) is 6.43 Å². The minimum atomic E-state index is -3.06. The molecule has 17 heavy (non-hydrogen) atoms. The van der Waals surface area contributed by atoms with Gasteiger partial charge in [-0.3, -0.25) is 4.79 Å². The van der Waals surface area contributed by atoms with Crippen LogP contribution < -0.4 is 5.73 Å². The Kier molecular flexibility index (Phi) is 4.30. The maximum Gasteiger partial charge on any atom is 0.311 e. The molecule has 1 aromatic rings. The van der Waals surface area contributed by atoms with E-state index in [9.17, 15) is 18.0 Å². The maximum atomic E-state index is 13.0. The molecule has 0 aromatic carbocycles. The van der Waals surface area contributed by atoms with E-state index in [1.165, 1.54) is 0 Å². The van der Waals surface area contributed by atoms with E-state index < -0.39 is 23.9 Å². The Bertz CT molecular complexity index is 424. The summed E-state index contributed by atoms with van der Waals surface area (Å²) < 4.78 is 42.4. The number of hydrogen-bond donors (Lipinski definition) is 1. The quantitative estimate of drug-likeness (QED) is 0.826. The lowest BCUT2D eigenvalue weighted by Gasteiger charge is -2.08. The largest absolute Gasteiger partial charge is 0.466 e. The number of carbonyl (C=O) groups excluding carboxylic acids is 1. The number of pyridine rings is 1. The van der Waals surface area contributed by atoms with Crippen molar-refractivity contribution in [3.8, 4) is 0 Å². The van der Waals surface area contributed by atoms with Crippen molar-refractivity contribution in [3.63, 3.8) is 0 Å². The highest BCUT2D eigenvalue weighted by molar-refractivity contribution is 5.74. The SMILES string of the molecule is CCOC(=O)Cc1nc(C(F)F)c(F)cc1N. The van der Waals surface area contributed by atoms with E-state index in [4.69, 9.17) is 5.73 Å². The van der Waals surface area contributed by atoms with Crippen LogP contribution in [0.2, 0.25) is 0 Å². The number of alkyl halides is 2. The van der Waals surface area contributed by atoms with Crippen LogP contribution in [-0.2, 0) is 16.0 Å². The summed E-state index contributed by atoms with van der Waals surface area (Å²) in [5.74, 6) is -1.84. The molecule has 2 N–H and O–H groups in total. The first-order chi connectivity index (χ1) is 7.95. The van der Waals surface area contributed by atoms with Gasteiger partial charge in [-0.1, -0.05) is 0 Å². The monoisotopic (exact) mass is 248 g/mol. The van der Waals surface area contributed by atoms with Gasteiger partial charge < -0.3 is 10.5 Å². The Hall–Kier alpha value is -1.79. The van der Waals surface area contributed by atoms with Crippen molar-refractivity contribution < 1.29 is 22.7 Å². The van der Waals surface area contributed by atoms with Gasteiger partial charge in [0.05, 0.1) is 24.4 Å². The molecule has 1 heterocycles. The fourth-order valence-corrected chi connectivity index (χ4v) is 1.20. The fraction of sp³-hybridized carbons (Fsp3) is 0.400. The Morgan fingerprint density at radius 2 is 2.24 bits per heavy atom. The Balaban J connectivity index is 2.99. The Labute approximate surface area is 95.6 Å². The first kappa shape index (κ1) is 13.3. The van der Waals surface area contributed by atoms with E-state index in [1.807, 2.05) is 0 Å². The number of carbonyl (C=O) groups is 1. The molecule has 94 valence electrons. The van der Waals surface area contributed by atoms with E-state index >= 15 is 0 Å². The molecule has 0 atom stereocenters. The van der Waals surface area contributed by atoms with Crippen molar-refractivity contribution in [1.29, 1.82) is 0 Å². The van der Waals surface area contributed by atoms with E-state index in [0.29, 0.717) is 0 Å². The molecule has 0 unspecified atom stereocenters. The lowest BCUT2D eigenvalue weighted by molar-refractivity contribution is -0.142. The Morgan fingerprint density at radius 1 is 1.59 bits per heavy atom. The second-order valence-electron chi connectivity index (χ2n) is 3.17. The van der Waals surface area contributed by atoms with Crippen molar-refractivity contribution in [1.82, 2.24) is 4.98 Å². The number of rotatable bonds is 4. The average Bonchev–Trinajstić information content (AvgIpc) is 2.21. The molecule has 0 saturated heterocycles. The van der Waals surface area contributed by atoms with E-state index in [0.717, 1.165) is 6.07 Å². The predicted octanol–water partition coefficient (Wildman–Crippen LogP) is 1.85. The molecule has 0 spiro atoms. The maximum absolute atomic E-state index is 13.0. The van der Waals surface area contributed by atoms with E-state index in [2.05, 4.69) is 9.72 Å². The number of nitrogen functional groups attached to an aromatic ring is 1. The molecule has 7 heteroatoms. The van der Waals surface area contributed by atoms with Crippen LogP contribution >= 0.6 is 0 Å². The number of nitrogens with zero attached hydrogens (tertiary/aromatic N) is 1. The molecule has 0 fully saturated rings. The summed E-state index contributed by atoms with van der Waals surface area (Å²) in [6.45, 7) is 1.76. The van der Waals surface area contributed by atoms with Gasteiger partial charge in [-0.2, -0.15) is 0 Å². The van der Waals surface area contributed by atoms with E-state index in [1.54, 1.807) is 6.92 Å². The molecular formula is C10H11F3N2O2. The molecule has 0 aliphatic carbocycles. The third kappa shape index (κ3) is 3.33. The molecule has 0 bridgehead atoms. The third-order valence-corrected chi connectivity index (χ3v) is 1.94. The molecule has 0 amide bonds. The average molecular weight is 248 g/mol. The van der Waals surface area contributed by atoms with Crippen molar-refractivity contribution >= 4 is 11.7 Å². The Morgan fingerprint density at radius 3 is 2.76 bits per heavy atom. The first-order valence-corrected chi connectivity index (χ1v) is 4.84. The van der Waals surface area contributed by atoms with Crippen LogP contribution in [0.4, 0.5) is 18.9 Å². The van der Waals surface area contributed by atoms with Crippen molar-refractivity contribution in [3.05, 3.63) is 23.3 Å². The van der Waals surface area contributed by atoms with Gasteiger partial charge in [-0.25, -0.2) is 18.2 Å². The first-order valence-electron chi connectivity index (χ1n) is 4.84. The lowest BCUT2D eigenvalue weighted by atomic mass is 10.2. The number of halogens is 3. The van der Waals surface area contributed by atoms with Gasteiger partial charge in [0.15, 0.2) is 5.82 Å². The fourth-order valence-electron chi connectivity index (χ4n) is 1.20. The topological polar surface area (TPSA) is 65.2 Å². The highest BCUT2D eigenvalue weighted by atomic mass is 19.3. The van der Waals surface area contributed by atoms with Gasteiger partial charge in [0, 0.05) is 6.07 Å². The van der Waals surface area contributed by atoms with Gasteiger partial charge in [-0.15, -0.1) is 0 Å². The number of hydrogen-bond acceptors (Lipinski definition) is 4. The highest BCUT2D eigenvalue weighted by Crippen LogP contribution is 2.23. The van der Waals surface area contributed by atoms with Crippen LogP contribution in [-0.4, -0.2) is 17.6 Å². The summed E-state index contributed by atoms with van der Waals surface area (Å²) in [6, 6.07) is 0.725. The van der Waals surface area contributed by atoms with Crippen LogP contribution in [0.5, 0.6) is 0 Å². The molecule has 0 radical (unpaired) electrons. The number of anilines is 1. The second-order valence-corrected chi connectivity index (χ2v) is 3.17. The van der Waals surface area contributed by atoms with Crippen LogP contribution in [0, 0.1) is 5.82 Å². The van der Waals surface area contributed by atoms with Gasteiger partial charge in [0.2, 0.25) is 0 Å². The third-order valence-electron chi connectivity index (χ3n) is 1.94. The molecule has 1 rings (SSSR count). The zero-order valence-corrected chi connectivity index (χ0v) is 9.04. The van der Waals surface area contributed by atoms with Crippen LogP contribution in [0.1, 0.15) is 24.7 Å². The minimum absolute atomic E-state index is 0.111. The summed E-state index contributed by atoms with van der Waals surface area (Å²) in [7, 11) is 0.